The number of pyridine rings is 1. The first-order valence-electron chi connectivity index (χ1n) is 16.9. The zero-order valence-corrected chi connectivity index (χ0v) is 28.3. The van der Waals surface area contributed by atoms with Crippen molar-refractivity contribution < 1.29 is 28.5 Å². The van der Waals surface area contributed by atoms with Crippen LogP contribution >= 0.6 is 0 Å². The number of ether oxygens (including phenoxy) is 4. The molecule has 0 atom stereocenters. The largest absolute Gasteiger partial charge is 0.443 e. The smallest absolute Gasteiger partial charge is 0.419 e. The second kappa shape index (κ2) is 11.7. The van der Waals surface area contributed by atoms with E-state index in [1.807, 2.05) is 17.1 Å². The van der Waals surface area contributed by atoms with Gasteiger partial charge in [-0.1, -0.05) is 6.08 Å². The Bertz CT molecular complexity index is 1670. The van der Waals surface area contributed by atoms with Crippen LogP contribution < -0.4 is 0 Å². The first kappa shape index (κ1) is 31.8. The highest BCUT2D eigenvalue weighted by atomic mass is 16.7. The normalized spacial score (nSPS) is 22.6. The summed E-state index contributed by atoms with van der Waals surface area (Å²) in [6.07, 6.45) is 12.9. The Morgan fingerprint density at radius 1 is 1.02 bits per heavy atom. The molecule has 3 aromatic heterocycles. The molecule has 1 spiro atoms. The van der Waals surface area contributed by atoms with E-state index in [2.05, 4.69) is 23.0 Å². The number of amides is 2. The fraction of sp³-hybridized carbons (Fsp3) is 0.629. The number of hydrogen-bond donors (Lipinski definition) is 0. The summed E-state index contributed by atoms with van der Waals surface area (Å²) in [6.45, 7) is 12.3. The summed E-state index contributed by atoms with van der Waals surface area (Å²) < 4.78 is 27.0. The van der Waals surface area contributed by atoms with Crippen LogP contribution in [0.1, 0.15) is 104 Å². The van der Waals surface area contributed by atoms with Gasteiger partial charge >= 0.3 is 12.2 Å². The Labute approximate surface area is 275 Å². The molecule has 12 nitrogen and oxygen atoms in total. The Morgan fingerprint density at radius 3 is 2.30 bits per heavy atom. The number of carbonyl (C=O) groups excluding carboxylic acids is 2. The van der Waals surface area contributed by atoms with Crippen molar-refractivity contribution in [2.24, 2.45) is 5.92 Å². The number of allylic oxidation sites excluding steroid dienone is 1. The van der Waals surface area contributed by atoms with E-state index in [9.17, 15) is 9.59 Å². The molecule has 12 heteroatoms. The lowest BCUT2D eigenvalue weighted by Crippen LogP contribution is -2.47. The SMILES string of the molecule is CC(C)(C)OC(=O)N(CC1CC(n2cc(-c3cc4c(cn3)cnn4C3=CCC4(CC3)OCCO4)c(C3CC3)n2)C1)C(=O)OC(C)(C)C. The molecule has 1 aliphatic heterocycles. The molecule has 2 amide bonds. The summed E-state index contributed by atoms with van der Waals surface area (Å²) in [6, 6.07) is 2.30. The average Bonchev–Trinajstić information content (AvgIpc) is 3.35. The molecule has 3 aliphatic carbocycles. The lowest BCUT2D eigenvalue weighted by atomic mass is 9.80. The molecule has 4 aliphatic rings. The standard InChI is InChI=1S/C35H46N6O6/c1-33(2,3)46-31(42)39(32(43)47-34(4,5)6)20-22-15-26(16-22)40-21-27(30(38-40)23-7-8-23)28-17-29-24(18-36-28)19-37-41(29)25-9-11-35(12-10-25)44-13-14-45-35/h9,17-19,21-23,26H,7-8,10-16,20H2,1-6H3. The number of fused-ring (bicyclic) bond motifs is 1. The maximum atomic E-state index is 13.0. The Morgan fingerprint density at radius 2 is 1.70 bits per heavy atom. The van der Waals surface area contributed by atoms with Crippen LogP contribution in [-0.4, -0.2) is 78.4 Å². The van der Waals surface area contributed by atoms with Crippen molar-refractivity contribution >= 4 is 28.8 Å². The zero-order valence-electron chi connectivity index (χ0n) is 28.3. The number of hydrogen-bond acceptors (Lipinski definition) is 9. The predicted molar refractivity (Wildman–Crippen MR) is 174 cm³/mol. The van der Waals surface area contributed by atoms with Gasteiger partial charge in [-0.25, -0.2) is 19.2 Å². The van der Waals surface area contributed by atoms with Gasteiger partial charge in [0.15, 0.2) is 5.79 Å². The van der Waals surface area contributed by atoms with Crippen LogP contribution in [0.2, 0.25) is 0 Å². The highest BCUT2D eigenvalue weighted by molar-refractivity contribution is 5.88. The van der Waals surface area contributed by atoms with Crippen molar-refractivity contribution in [2.75, 3.05) is 19.8 Å². The van der Waals surface area contributed by atoms with Gasteiger partial charge in [0.25, 0.3) is 0 Å². The van der Waals surface area contributed by atoms with Gasteiger partial charge in [-0.05, 0) is 85.6 Å². The van der Waals surface area contributed by atoms with E-state index in [4.69, 9.17) is 34.1 Å². The van der Waals surface area contributed by atoms with E-state index < -0.39 is 29.2 Å². The third-order valence-corrected chi connectivity index (χ3v) is 9.20. The van der Waals surface area contributed by atoms with Crippen LogP contribution in [0.5, 0.6) is 0 Å². The lowest BCUT2D eigenvalue weighted by Gasteiger charge is -2.38. The summed E-state index contributed by atoms with van der Waals surface area (Å²) in [4.78, 5) is 32.0. The van der Waals surface area contributed by atoms with Crippen LogP contribution in [-0.2, 0) is 18.9 Å². The van der Waals surface area contributed by atoms with E-state index in [-0.39, 0.29) is 18.5 Å². The minimum absolute atomic E-state index is 0.115. The number of carbonyl (C=O) groups is 2. The first-order chi connectivity index (χ1) is 22.3. The van der Waals surface area contributed by atoms with Crippen LogP contribution in [0.4, 0.5) is 9.59 Å². The fourth-order valence-corrected chi connectivity index (χ4v) is 6.67. The Hall–Kier alpha value is -3.77. The van der Waals surface area contributed by atoms with Gasteiger partial charge in [0, 0.05) is 54.3 Å². The van der Waals surface area contributed by atoms with Crippen LogP contribution in [0, 0.1) is 5.92 Å². The summed E-state index contributed by atoms with van der Waals surface area (Å²) >= 11 is 0. The quantitative estimate of drug-likeness (QED) is 0.277. The molecule has 47 heavy (non-hydrogen) atoms. The molecule has 0 bridgehead atoms. The fourth-order valence-electron chi connectivity index (χ4n) is 6.67. The van der Waals surface area contributed by atoms with Gasteiger partial charge in [0.1, 0.15) is 11.2 Å². The van der Waals surface area contributed by atoms with Gasteiger partial charge in [0.2, 0.25) is 0 Å². The van der Waals surface area contributed by atoms with E-state index >= 15 is 0 Å². The van der Waals surface area contributed by atoms with E-state index in [0.29, 0.717) is 19.1 Å². The molecule has 252 valence electrons. The highest BCUT2D eigenvalue weighted by Gasteiger charge is 2.40. The van der Waals surface area contributed by atoms with Crippen molar-refractivity contribution in [1.82, 2.24) is 29.4 Å². The number of rotatable bonds is 6. The lowest BCUT2D eigenvalue weighted by molar-refractivity contribution is -0.160. The summed E-state index contributed by atoms with van der Waals surface area (Å²) in [5.41, 5.74) is 3.74. The van der Waals surface area contributed by atoms with Crippen LogP contribution in [0.3, 0.4) is 0 Å². The van der Waals surface area contributed by atoms with Crippen molar-refractivity contribution in [1.29, 1.82) is 0 Å². The third kappa shape index (κ3) is 6.80. The van der Waals surface area contributed by atoms with Gasteiger partial charge < -0.3 is 18.9 Å². The van der Waals surface area contributed by atoms with Crippen molar-refractivity contribution in [3.8, 4) is 11.3 Å². The molecular formula is C35H46N6O6. The maximum Gasteiger partial charge on any atom is 0.419 e. The monoisotopic (exact) mass is 646 g/mol. The number of aromatic nitrogens is 5. The predicted octanol–water partition coefficient (Wildman–Crippen LogP) is 7.06. The van der Waals surface area contributed by atoms with E-state index in [0.717, 1.165) is 83.4 Å². The molecule has 3 aromatic rings. The molecule has 2 saturated carbocycles. The molecule has 1 saturated heterocycles. The van der Waals surface area contributed by atoms with Gasteiger partial charge in [0.05, 0.1) is 42.4 Å². The van der Waals surface area contributed by atoms with E-state index in [1.54, 1.807) is 41.5 Å². The molecule has 0 N–H and O–H groups in total. The second-order valence-corrected chi connectivity index (χ2v) is 15.4. The van der Waals surface area contributed by atoms with Crippen molar-refractivity contribution in [3.05, 3.63) is 36.4 Å². The summed E-state index contributed by atoms with van der Waals surface area (Å²) in [5, 5.41) is 10.8. The van der Waals surface area contributed by atoms with Crippen molar-refractivity contribution in [3.63, 3.8) is 0 Å². The number of imide groups is 1. The maximum absolute atomic E-state index is 13.0. The third-order valence-electron chi connectivity index (χ3n) is 9.20. The highest BCUT2D eigenvalue weighted by Crippen LogP contribution is 2.46. The summed E-state index contributed by atoms with van der Waals surface area (Å²) in [7, 11) is 0. The molecule has 7 rings (SSSR count). The van der Waals surface area contributed by atoms with Crippen LogP contribution in [0.15, 0.2) is 30.7 Å². The second-order valence-electron chi connectivity index (χ2n) is 15.4. The first-order valence-corrected chi connectivity index (χ1v) is 16.9. The molecule has 0 radical (unpaired) electrons. The molecule has 0 unspecified atom stereocenters. The minimum atomic E-state index is -0.728. The minimum Gasteiger partial charge on any atom is -0.443 e. The van der Waals surface area contributed by atoms with Gasteiger partial charge in [-0.2, -0.15) is 10.2 Å². The molecule has 4 heterocycles. The number of nitrogens with zero attached hydrogens (tertiary/aromatic N) is 6. The molecule has 3 fully saturated rings. The van der Waals surface area contributed by atoms with Gasteiger partial charge in [-0.15, -0.1) is 0 Å². The Kier molecular flexibility index (Phi) is 7.94. The average molecular weight is 647 g/mol. The summed E-state index contributed by atoms with van der Waals surface area (Å²) in [5.74, 6) is 0.0730. The van der Waals surface area contributed by atoms with Crippen molar-refractivity contribution in [2.45, 2.75) is 115 Å². The Balaban J connectivity index is 1.08. The molecular weight excluding hydrogens is 600 g/mol. The van der Waals surface area contributed by atoms with Crippen LogP contribution in [0.25, 0.3) is 27.9 Å². The molecule has 0 aromatic carbocycles. The van der Waals surface area contributed by atoms with Gasteiger partial charge in [-0.3, -0.25) is 9.67 Å². The topological polar surface area (TPSA) is 123 Å². The van der Waals surface area contributed by atoms with E-state index in [1.165, 1.54) is 0 Å². The zero-order chi connectivity index (χ0) is 33.1.